The topological polar surface area (TPSA) is 60.3 Å². The molecular weight excluding hydrogens is 324 g/mol. The van der Waals surface area contributed by atoms with Crippen LogP contribution in [0.15, 0.2) is 30.3 Å². The lowest BCUT2D eigenvalue weighted by Crippen LogP contribution is -2.15. The second kappa shape index (κ2) is 7.04. The fourth-order valence-electron chi connectivity index (χ4n) is 3.94. The zero-order valence-corrected chi connectivity index (χ0v) is 15.5. The molecule has 0 atom stereocenters. The maximum atomic E-state index is 5.79. The molecule has 4 heteroatoms. The number of nitrogens with two attached hydrogens (primary N) is 1. The van der Waals surface area contributed by atoms with Crippen molar-refractivity contribution in [2.24, 2.45) is 5.73 Å². The van der Waals surface area contributed by atoms with Gasteiger partial charge < -0.3 is 20.2 Å². The predicted octanol–water partition coefficient (Wildman–Crippen LogP) is 4.50. The number of unbranched alkanes of at least 4 members (excludes halogenated alkanes) is 1. The Labute approximate surface area is 154 Å². The maximum Gasteiger partial charge on any atom is 0.162 e. The molecule has 0 saturated carbocycles. The van der Waals surface area contributed by atoms with Crippen LogP contribution in [0.1, 0.15) is 29.5 Å². The minimum Gasteiger partial charge on any atom is -0.486 e. The van der Waals surface area contributed by atoms with Crippen molar-refractivity contribution in [1.82, 2.24) is 4.98 Å². The number of hydrogen-bond donors (Lipinski definition) is 2. The molecule has 1 aromatic heterocycles. The van der Waals surface area contributed by atoms with Gasteiger partial charge in [0.2, 0.25) is 0 Å². The van der Waals surface area contributed by atoms with Gasteiger partial charge in [-0.2, -0.15) is 0 Å². The first-order chi connectivity index (χ1) is 12.7. The van der Waals surface area contributed by atoms with E-state index in [0.717, 1.165) is 42.9 Å². The molecule has 3 aromatic rings. The standard InChI is InChI=1S/C22H26N2O2/c1-14-11-15(2)21-17(5-3-4-8-23)22(24-18(21)12-14)16-6-7-19-20(13-16)26-10-9-25-19/h6-7,11-13,24H,3-5,8-10,23H2,1-2H3. The van der Waals surface area contributed by atoms with E-state index in [0.29, 0.717) is 13.2 Å². The largest absolute Gasteiger partial charge is 0.486 e. The molecule has 4 rings (SSSR count). The van der Waals surface area contributed by atoms with Gasteiger partial charge >= 0.3 is 0 Å². The van der Waals surface area contributed by atoms with Gasteiger partial charge in [-0.25, -0.2) is 0 Å². The number of nitrogens with one attached hydrogen (secondary N) is 1. The van der Waals surface area contributed by atoms with Gasteiger partial charge in [0.25, 0.3) is 0 Å². The average Bonchev–Trinajstić information content (AvgIpc) is 3.00. The summed E-state index contributed by atoms with van der Waals surface area (Å²) in [5.74, 6) is 1.65. The zero-order valence-electron chi connectivity index (χ0n) is 15.5. The number of rotatable bonds is 5. The van der Waals surface area contributed by atoms with Crippen LogP contribution in [0.4, 0.5) is 0 Å². The molecule has 1 aliphatic rings. The number of benzene rings is 2. The lowest BCUT2D eigenvalue weighted by molar-refractivity contribution is 0.171. The quantitative estimate of drug-likeness (QED) is 0.666. The van der Waals surface area contributed by atoms with Gasteiger partial charge in [0.15, 0.2) is 11.5 Å². The summed E-state index contributed by atoms with van der Waals surface area (Å²) in [6, 6.07) is 10.7. The summed E-state index contributed by atoms with van der Waals surface area (Å²) >= 11 is 0. The summed E-state index contributed by atoms with van der Waals surface area (Å²) in [5, 5.41) is 1.34. The van der Waals surface area contributed by atoms with Crippen LogP contribution in [0.3, 0.4) is 0 Å². The Bertz CT molecular complexity index is 943. The van der Waals surface area contributed by atoms with E-state index < -0.39 is 0 Å². The number of aromatic nitrogens is 1. The Balaban J connectivity index is 1.85. The van der Waals surface area contributed by atoms with Crippen LogP contribution in [0.5, 0.6) is 11.5 Å². The monoisotopic (exact) mass is 350 g/mol. The van der Waals surface area contributed by atoms with Crippen LogP contribution in [-0.2, 0) is 6.42 Å². The van der Waals surface area contributed by atoms with E-state index >= 15 is 0 Å². The Kier molecular flexibility index (Phi) is 4.60. The highest BCUT2D eigenvalue weighted by molar-refractivity contribution is 5.94. The van der Waals surface area contributed by atoms with Crippen molar-refractivity contribution in [3.8, 4) is 22.8 Å². The molecule has 0 unspecified atom stereocenters. The van der Waals surface area contributed by atoms with E-state index in [1.807, 2.05) is 6.07 Å². The molecule has 1 aliphatic heterocycles. The second-order valence-electron chi connectivity index (χ2n) is 7.09. The number of ether oxygens (including phenoxy) is 2. The average molecular weight is 350 g/mol. The molecule has 3 N–H and O–H groups in total. The number of H-pyrrole nitrogens is 1. The van der Waals surface area contributed by atoms with Gasteiger partial charge in [-0.05, 0) is 80.6 Å². The highest BCUT2D eigenvalue weighted by Gasteiger charge is 2.18. The highest BCUT2D eigenvalue weighted by atomic mass is 16.6. The molecule has 2 heterocycles. The van der Waals surface area contributed by atoms with Gasteiger partial charge in [0.1, 0.15) is 13.2 Å². The number of hydrogen-bond acceptors (Lipinski definition) is 3. The van der Waals surface area contributed by atoms with E-state index in [4.69, 9.17) is 15.2 Å². The Morgan fingerprint density at radius 1 is 1.00 bits per heavy atom. The third kappa shape index (κ3) is 3.06. The molecule has 26 heavy (non-hydrogen) atoms. The summed E-state index contributed by atoms with van der Waals surface area (Å²) in [5.41, 5.74) is 13.2. The van der Waals surface area contributed by atoms with Crippen LogP contribution in [0.2, 0.25) is 0 Å². The fraction of sp³-hybridized carbons (Fsp3) is 0.364. The van der Waals surface area contributed by atoms with Crippen LogP contribution < -0.4 is 15.2 Å². The Morgan fingerprint density at radius 2 is 1.81 bits per heavy atom. The number of aromatic amines is 1. The molecule has 136 valence electrons. The Hall–Kier alpha value is -2.46. The van der Waals surface area contributed by atoms with Crippen LogP contribution >= 0.6 is 0 Å². The lowest BCUT2D eigenvalue weighted by Gasteiger charge is -2.19. The molecule has 0 saturated heterocycles. The number of aryl methyl sites for hydroxylation is 3. The first-order valence-corrected chi connectivity index (χ1v) is 9.39. The number of fused-ring (bicyclic) bond motifs is 2. The highest BCUT2D eigenvalue weighted by Crippen LogP contribution is 2.38. The summed E-state index contributed by atoms with van der Waals surface area (Å²) in [6.45, 7) is 6.29. The van der Waals surface area contributed by atoms with E-state index in [2.05, 4.69) is 43.1 Å². The van der Waals surface area contributed by atoms with Crippen molar-refractivity contribution in [2.75, 3.05) is 19.8 Å². The first-order valence-electron chi connectivity index (χ1n) is 9.39. The molecular formula is C22H26N2O2. The van der Waals surface area contributed by atoms with Gasteiger partial charge in [0, 0.05) is 22.2 Å². The van der Waals surface area contributed by atoms with E-state index in [1.54, 1.807) is 0 Å². The van der Waals surface area contributed by atoms with Gasteiger partial charge in [0.05, 0.1) is 0 Å². The minimum atomic E-state index is 0.602. The molecule has 0 aliphatic carbocycles. The smallest absolute Gasteiger partial charge is 0.162 e. The van der Waals surface area contributed by atoms with Crippen molar-refractivity contribution in [3.05, 3.63) is 47.0 Å². The van der Waals surface area contributed by atoms with E-state index in [1.165, 1.54) is 33.3 Å². The van der Waals surface area contributed by atoms with Crippen molar-refractivity contribution >= 4 is 10.9 Å². The first kappa shape index (κ1) is 17.0. The SMILES string of the molecule is Cc1cc(C)c2c(CCCCN)c(-c3ccc4c(c3)OCCO4)[nH]c2c1. The lowest BCUT2D eigenvalue weighted by atomic mass is 9.97. The van der Waals surface area contributed by atoms with Gasteiger partial charge in [-0.15, -0.1) is 0 Å². The molecule has 0 radical (unpaired) electrons. The van der Waals surface area contributed by atoms with E-state index in [-0.39, 0.29) is 0 Å². The van der Waals surface area contributed by atoms with Crippen molar-refractivity contribution in [2.45, 2.75) is 33.1 Å². The third-order valence-corrected chi connectivity index (χ3v) is 5.05. The predicted molar refractivity (Wildman–Crippen MR) is 106 cm³/mol. The third-order valence-electron chi connectivity index (χ3n) is 5.05. The molecule has 0 bridgehead atoms. The van der Waals surface area contributed by atoms with Crippen molar-refractivity contribution in [3.63, 3.8) is 0 Å². The molecule has 0 fully saturated rings. The minimum absolute atomic E-state index is 0.602. The van der Waals surface area contributed by atoms with Crippen LogP contribution in [0.25, 0.3) is 22.2 Å². The summed E-state index contributed by atoms with van der Waals surface area (Å²) in [6.07, 6.45) is 3.15. The molecule has 0 spiro atoms. The van der Waals surface area contributed by atoms with Crippen molar-refractivity contribution in [1.29, 1.82) is 0 Å². The Morgan fingerprint density at radius 3 is 2.62 bits per heavy atom. The normalized spacial score (nSPS) is 13.3. The van der Waals surface area contributed by atoms with Gasteiger partial charge in [-0.3, -0.25) is 0 Å². The zero-order chi connectivity index (χ0) is 18.1. The fourth-order valence-corrected chi connectivity index (χ4v) is 3.94. The summed E-state index contributed by atoms with van der Waals surface area (Å²) in [4.78, 5) is 3.67. The summed E-state index contributed by atoms with van der Waals surface area (Å²) in [7, 11) is 0. The molecule has 2 aromatic carbocycles. The molecule has 0 amide bonds. The van der Waals surface area contributed by atoms with Gasteiger partial charge in [-0.1, -0.05) is 6.07 Å². The van der Waals surface area contributed by atoms with Crippen LogP contribution in [0, 0.1) is 13.8 Å². The maximum absolute atomic E-state index is 5.79. The van der Waals surface area contributed by atoms with Crippen LogP contribution in [-0.4, -0.2) is 24.7 Å². The van der Waals surface area contributed by atoms with Crippen molar-refractivity contribution < 1.29 is 9.47 Å². The second-order valence-corrected chi connectivity index (χ2v) is 7.09. The van der Waals surface area contributed by atoms with E-state index in [9.17, 15) is 0 Å². The summed E-state index contributed by atoms with van der Waals surface area (Å²) < 4.78 is 11.5. The molecule has 4 nitrogen and oxygen atoms in total.